The van der Waals surface area contributed by atoms with Crippen molar-refractivity contribution in [2.45, 2.75) is 77.0 Å². The summed E-state index contributed by atoms with van der Waals surface area (Å²) in [6.07, 6.45) is 8.48. The molecule has 25 heavy (non-hydrogen) atoms. The Balaban J connectivity index is 2.17. The van der Waals surface area contributed by atoms with Gasteiger partial charge in [0.05, 0.1) is 0 Å². The number of aryl methyl sites for hydroxylation is 1. The zero-order valence-electron chi connectivity index (χ0n) is 16.0. The van der Waals surface area contributed by atoms with Gasteiger partial charge >= 0.3 is 0 Å². The van der Waals surface area contributed by atoms with Gasteiger partial charge in [-0.15, -0.1) is 0 Å². The summed E-state index contributed by atoms with van der Waals surface area (Å²) in [6, 6.07) is 15.4. The van der Waals surface area contributed by atoms with Gasteiger partial charge in [0.2, 0.25) is 0 Å². The highest BCUT2D eigenvalue weighted by Gasteiger charge is 2.37. The van der Waals surface area contributed by atoms with Crippen molar-refractivity contribution in [3.63, 3.8) is 0 Å². The highest BCUT2D eigenvalue weighted by atomic mass is 16.3. The van der Waals surface area contributed by atoms with E-state index in [0.29, 0.717) is 11.7 Å². The molecular formula is C24H32O. The molecule has 0 bridgehead atoms. The fourth-order valence-corrected chi connectivity index (χ4v) is 4.63. The maximum Gasteiger partial charge on any atom is 0.119 e. The average Bonchev–Trinajstić information content (AvgIpc) is 2.68. The SMILES string of the molecule is CCc1ccccc1C1(c2ccc(O)c(C(C)CC)c2)CCCCC1. The molecule has 0 aromatic heterocycles. The van der Waals surface area contributed by atoms with Crippen molar-refractivity contribution in [3.8, 4) is 5.75 Å². The van der Waals surface area contributed by atoms with Crippen molar-refractivity contribution in [1.29, 1.82) is 0 Å². The van der Waals surface area contributed by atoms with Crippen LogP contribution in [0.2, 0.25) is 0 Å². The molecule has 0 saturated heterocycles. The Hall–Kier alpha value is -1.76. The van der Waals surface area contributed by atoms with E-state index < -0.39 is 0 Å². The number of hydrogen-bond acceptors (Lipinski definition) is 1. The van der Waals surface area contributed by atoms with E-state index in [9.17, 15) is 5.11 Å². The Morgan fingerprint density at radius 3 is 2.40 bits per heavy atom. The summed E-state index contributed by atoms with van der Waals surface area (Å²) in [5.41, 5.74) is 5.61. The molecule has 1 saturated carbocycles. The van der Waals surface area contributed by atoms with Crippen LogP contribution >= 0.6 is 0 Å². The maximum absolute atomic E-state index is 10.4. The Kier molecular flexibility index (Phi) is 5.51. The minimum absolute atomic E-state index is 0.112. The number of hydrogen-bond donors (Lipinski definition) is 1. The second-order valence-corrected chi connectivity index (χ2v) is 7.74. The zero-order chi connectivity index (χ0) is 17.9. The summed E-state index contributed by atoms with van der Waals surface area (Å²) in [7, 11) is 0. The highest BCUT2D eigenvalue weighted by Crippen LogP contribution is 2.47. The van der Waals surface area contributed by atoms with Crippen LogP contribution in [-0.2, 0) is 11.8 Å². The quantitative estimate of drug-likeness (QED) is 0.642. The zero-order valence-corrected chi connectivity index (χ0v) is 16.0. The largest absolute Gasteiger partial charge is 0.508 e. The van der Waals surface area contributed by atoms with Crippen LogP contribution in [0.15, 0.2) is 42.5 Å². The number of phenolic OH excluding ortho intramolecular Hbond substituents is 1. The first-order valence-corrected chi connectivity index (χ1v) is 10.0. The van der Waals surface area contributed by atoms with Crippen LogP contribution in [-0.4, -0.2) is 5.11 Å². The molecule has 1 unspecified atom stereocenters. The fourth-order valence-electron chi connectivity index (χ4n) is 4.63. The predicted octanol–water partition coefficient (Wildman–Crippen LogP) is 6.72. The normalized spacial score (nSPS) is 18.0. The number of rotatable bonds is 5. The Morgan fingerprint density at radius 1 is 1.00 bits per heavy atom. The van der Waals surface area contributed by atoms with Gasteiger partial charge in [0.1, 0.15) is 5.75 Å². The average molecular weight is 337 g/mol. The van der Waals surface area contributed by atoms with Crippen molar-refractivity contribution in [2.24, 2.45) is 0 Å². The van der Waals surface area contributed by atoms with Gasteiger partial charge in [0.25, 0.3) is 0 Å². The van der Waals surface area contributed by atoms with Crippen LogP contribution in [0.25, 0.3) is 0 Å². The monoisotopic (exact) mass is 336 g/mol. The standard InChI is InChI=1S/C24H32O/c1-4-18(3)21-17-20(13-14-23(21)25)24(15-9-6-10-16-24)22-12-8-7-11-19(22)5-2/h7-8,11-14,17-18,25H,4-6,9-10,15-16H2,1-3H3. The third kappa shape index (κ3) is 3.34. The van der Waals surface area contributed by atoms with Gasteiger partial charge in [-0.3, -0.25) is 0 Å². The van der Waals surface area contributed by atoms with Gasteiger partial charge in [0, 0.05) is 5.41 Å². The van der Waals surface area contributed by atoms with Gasteiger partial charge in [0.15, 0.2) is 0 Å². The first kappa shape index (κ1) is 18.0. The topological polar surface area (TPSA) is 20.2 Å². The summed E-state index contributed by atoms with van der Waals surface area (Å²) in [4.78, 5) is 0. The first-order valence-electron chi connectivity index (χ1n) is 10.0. The minimum atomic E-state index is 0.112. The van der Waals surface area contributed by atoms with E-state index in [2.05, 4.69) is 57.2 Å². The molecule has 0 aliphatic heterocycles. The molecule has 0 spiro atoms. The summed E-state index contributed by atoms with van der Waals surface area (Å²) in [5.74, 6) is 0.842. The molecule has 2 aromatic rings. The molecule has 134 valence electrons. The predicted molar refractivity (Wildman–Crippen MR) is 106 cm³/mol. The molecule has 1 nitrogen and oxygen atoms in total. The lowest BCUT2D eigenvalue weighted by Gasteiger charge is -2.40. The molecule has 1 N–H and O–H groups in total. The lowest BCUT2D eigenvalue weighted by atomic mass is 9.63. The molecule has 0 amide bonds. The van der Waals surface area contributed by atoms with Crippen LogP contribution < -0.4 is 0 Å². The van der Waals surface area contributed by atoms with Gasteiger partial charge in [-0.05, 0) is 59.9 Å². The molecule has 1 fully saturated rings. The van der Waals surface area contributed by atoms with Crippen LogP contribution in [0.5, 0.6) is 5.75 Å². The van der Waals surface area contributed by atoms with Crippen molar-refractivity contribution in [3.05, 3.63) is 64.7 Å². The lowest BCUT2D eigenvalue weighted by molar-refractivity contribution is 0.343. The number of phenols is 1. The maximum atomic E-state index is 10.4. The summed E-state index contributed by atoms with van der Waals surface area (Å²) in [5, 5.41) is 10.4. The van der Waals surface area contributed by atoms with E-state index in [0.717, 1.165) is 18.4 Å². The summed E-state index contributed by atoms with van der Waals surface area (Å²) >= 11 is 0. The van der Waals surface area contributed by atoms with E-state index in [1.807, 2.05) is 6.07 Å². The van der Waals surface area contributed by atoms with E-state index in [4.69, 9.17) is 0 Å². The van der Waals surface area contributed by atoms with Crippen molar-refractivity contribution < 1.29 is 5.11 Å². The minimum Gasteiger partial charge on any atom is -0.508 e. The van der Waals surface area contributed by atoms with E-state index in [1.165, 1.54) is 48.8 Å². The third-order valence-corrected chi connectivity index (χ3v) is 6.34. The first-order chi connectivity index (χ1) is 12.1. The second-order valence-electron chi connectivity index (χ2n) is 7.74. The van der Waals surface area contributed by atoms with Gasteiger partial charge in [-0.25, -0.2) is 0 Å². The van der Waals surface area contributed by atoms with E-state index in [-0.39, 0.29) is 5.41 Å². The van der Waals surface area contributed by atoms with Crippen LogP contribution in [0, 0.1) is 0 Å². The summed E-state index contributed by atoms with van der Waals surface area (Å²) in [6.45, 7) is 6.67. The van der Waals surface area contributed by atoms with Crippen molar-refractivity contribution in [2.75, 3.05) is 0 Å². The second kappa shape index (κ2) is 7.64. The van der Waals surface area contributed by atoms with E-state index >= 15 is 0 Å². The van der Waals surface area contributed by atoms with Gasteiger partial charge < -0.3 is 5.11 Å². The molecule has 0 heterocycles. The Labute approximate surface area is 153 Å². The molecule has 1 atom stereocenters. The Morgan fingerprint density at radius 2 is 1.72 bits per heavy atom. The van der Waals surface area contributed by atoms with Crippen molar-refractivity contribution >= 4 is 0 Å². The highest BCUT2D eigenvalue weighted by molar-refractivity contribution is 5.48. The number of aromatic hydroxyl groups is 1. The third-order valence-electron chi connectivity index (χ3n) is 6.34. The van der Waals surface area contributed by atoms with Crippen LogP contribution in [0.4, 0.5) is 0 Å². The fraction of sp³-hybridized carbons (Fsp3) is 0.500. The smallest absolute Gasteiger partial charge is 0.119 e. The summed E-state index contributed by atoms with van der Waals surface area (Å²) < 4.78 is 0. The molecule has 2 aromatic carbocycles. The van der Waals surface area contributed by atoms with Gasteiger partial charge in [-0.2, -0.15) is 0 Å². The number of benzene rings is 2. The molecule has 1 aliphatic rings. The molecule has 3 rings (SSSR count). The van der Waals surface area contributed by atoms with E-state index in [1.54, 1.807) is 0 Å². The Bertz CT molecular complexity index is 710. The molecule has 1 aliphatic carbocycles. The van der Waals surface area contributed by atoms with Crippen LogP contribution in [0.1, 0.15) is 87.5 Å². The molecule has 0 radical (unpaired) electrons. The van der Waals surface area contributed by atoms with Crippen molar-refractivity contribution in [1.82, 2.24) is 0 Å². The lowest BCUT2D eigenvalue weighted by Crippen LogP contribution is -2.31. The van der Waals surface area contributed by atoms with Gasteiger partial charge in [-0.1, -0.05) is 76.4 Å². The molecular weight excluding hydrogens is 304 g/mol. The van der Waals surface area contributed by atoms with Crippen LogP contribution in [0.3, 0.4) is 0 Å². The molecule has 1 heteroatoms.